The average molecular weight is 288 g/mol. The fourth-order valence-corrected chi connectivity index (χ4v) is 4.76. The van der Waals surface area contributed by atoms with Gasteiger partial charge in [0.25, 0.3) is 0 Å². The molecule has 0 aromatic heterocycles. The first-order chi connectivity index (χ1) is 8.07. The minimum absolute atomic E-state index is 0.0460. The summed E-state index contributed by atoms with van der Waals surface area (Å²) in [6.45, 7) is 19.9. The summed E-state index contributed by atoms with van der Waals surface area (Å²) in [5, 5.41) is 0.231. The Morgan fingerprint density at radius 3 is 2.28 bits per heavy atom. The Morgan fingerprint density at radius 1 is 1.44 bits per heavy atom. The third-order valence-electron chi connectivity index (χ3n) is 3.89. The number of methoxy groups -OCH3 is 1. The minimum atomic E-state index is -1.70. The maximum atomic E-state index is 6.53. The predicted octanol–water partition coefficient (Wildman–Crippen LogP) is 4.37. The second kappa shape index (κ2) is 6.83. The molecule has 0 radical (unpaired) electrons. The van der Waals surface area contributed by atoms with E-state index in [1.807, 2.05) is 6.08 Å². The van der Waals surface area contributed by atoms with Gasteiger partial charge in [-0.2, -0.15) is 11.5 Å². The van der Waals surface area contributed by atoms with E-state index in [9.17, 15) is 0 Å². The highest BCUT2D eigenvalue weighted by molar-refractivity contribution is 7.10. The molecule has 0 rings (SSSR count). The molecule has 5 heteroatoms. The number of ether oxygens (including phenoxy) is 1. The van der Waals surface area contributed by atoms with Crippen molar-refractivity contribution in [3.63, 3.8) is 0 Å². The lowest BCUT2D eigenvalue weighted by Crippen LogP contribution is -2.59. The number of nitrogens with zero attached hydrogens (tertiary/aromatic N) is 1. The molecule has 2 nitrogen and oxygen atoms in total. The standard InChI is InChI=1S/C13H27BClNOSi/c1-9-10-14(15)16(11-12(2)17-6)18(7,8)13(3,4)5/h9H,1-2,10-11H2,3-8H3. The highest BCUT2D eigenvalue weighted by atomic mass is 35.5. The Hall–Kier alpha value is -0.188. The van der Waals surface area contributed by atoms with Crippen LogP contribution in [0.2, 0.25) is 24.5 Å². The maximum absolute atomic E-state index is 6.53. The lowest BCUT2D eigenvalue weighted by molar-refractivity contribution is 0.273. The largest absolute Gasteiger partial charge is 0.500 e. The van der Waals surface area contributed by atoms with E-state index in [4.69, 9.17) is 16.2 Å². The van der Waals surface area contributed by atoms with Crippen molar-refractivity contribution < 1.29 is 4.74 Å². The molecule has 0 saturated carbocycles. The minimum Gasteiger partial charge on any atom is -0.500 e. The van der Waals surface area contributed by atoms with Crippen molar-refractivity contribution in [2.45, 2.75) is 45.2 Å². The topological polar surface area (TPSA) is 12.5 Å². The molecule has 0 bridgehead atoms. The van der Waals surface area contributed by atoms with Gasteiger partial charge < -0.3 is 9.21 Å². The zero-order valence-corrected chi connectivity index (χ0v) is 14.5. The van der Waals surface area contributed by atoms with Crippen molar-refractivity contribution in [1.82, 2.24) is 4.48 Å². The second-order valence-electron chi connectivity index (χ2n) is 6.14. The molecule has 0 aromatic rings. The van der Waals surface area contributed by atoms with E-state index in [2.05, 4.69) is 51.5 Å². The molecule has 0 fully saturated rings. The molecule has 0 heterocycles. The first kappa shape index (κ1) is 17.8. The molecule has 0 spiro atoms. The molecule has 0 aliphatic heterocycles. The van der Waals surface area contributed by atoms with Crippen LogP contribution in [-0.4, -0.2) is 32.6 Å². The molecule has 0 amide bonds. The zero-order valence-electron chi connectivity index (χ0n) is 12.7. The maximum Gasteiger partial charge on any atom is 0.328 e. The van der Waals surface area contributed by atoms with Crippen molar-refractivity contribution in [3.05, 3.63) is 25.0 Å². The zero-order chi connectivity index (χ0) is 14.6. The summed E-state index contributed by atoms with van der Waals surface area (Å²) in [5.74, 6) is 0.759. The number of rotatable bonds is 7. The lowest BCUT2D eigenvalue weighted by atomic mass is 9.87. The molecule has 0 aromatic carbocycles. The van der Waals surface area contributed by atoms with E-state index >= 15 is 0 Å². The van der Waals surface area contributed by atoms with E-state index in [1.54, 1.807) is 7.11 Å². The van der Waals surface area contributed by atoms with Crippen LogP contribution in [0.4, 0.5) is 0 Å². The Labute approximate surface area is 119 Å². The quantitative estimate of drug-likeness (QED) is 0.392. The first-order valence-electron chi connectivity index (χ1n) is 6.31. The van der Waals surface area contributed by atoms with Crippen LogP contribution in [0.25, 0.3) is 0 Å². The van der Waals surface area contributed by atoms with Gasteiger partial charge in [0.15, 0.2) is 0 Å². The normalized spacial score (nSPS) is 12.4. The van der Waals surface area contributed by atoms with E-state index in [0.717, 1.165) is 12.1 Å². The van der Waals surface area contributed by atoms with Crippen molar-refractivity contribution >= 4 is 26.0 Å². The molecule has 104 valence electrons. The van der Waals surface area contributed by atoms with E-state index in [1.165, 1.54) is 0 Å². The van der Waals surface area contributed by atoms with Gasteiger partial charge in [-0.1, -0.05) is 46.5 Å². The van der Waals surface area contributed by atoms with Crippen LogP contribution in [0.3, 0.4) is 0 Å². The summed E-state index contributed by atoms with van der Waals surface area (Å²) in [7, 11) is -0.0453. The van der Waals surface area contributed by atoms with Crippen LogP contribution in [-0.2, 0) is 4.74 Å². The van der Waals surface area contributed by atoms with Crippen LogP contribution < -0.4 is 0 Å². The Balaban J connectivity index is 5.19. The van der Waals surface area contributed by atoms with Crippen LogP contribution >= 0.6 is 11.5 Å². The lowest BCUT2D eigenvalue weighted by Gasteiger charge is -2.47. The van der Waals surface area contributed by atoms with E-state index in [0.29, 0.717) is 6.54 Å². The van der Waals surface area contributed by atoms with Crippen LogP contribution in [0, 0.1) is 0 Å². The molecule has 0 atom stereocenters. The summed E-state index contributed by atoms with van der Waals surface area (Å²) in [6, 6.07) is 0. The number of allylic oxidation sites excluding steroid dienone is 1. The molecule has 18 heavy (non-hydrogen) atoms. The molecule has 0 aliphatic rings. The second-order valence-corrected chi connectivity index (χ2v) is 11.8. The summed E-state index contributed by atoms with van der Waals surface area (Å²) < 4.78 is 7.58. The summed E-state index contributed by atoms with van der Waals surface area (Å²) in [5.41, 5.74) is 0. The van der Waals surface area contributed by atoms with Gasteiger partial charge in [0.1, 0.15) is 14.0 Å². The highest BCUT2D eigenvalue weighted by Gasteiger charge is 2.44. The molecule has 0 saturated heterocycles. The van der Waals surface area contributed by atoms with Crippen molar-refractivity contribution in [2.24, 2.45) is 0 Å². The van der Waals surface area contributed by atoms with Crippen LogP contribution in [0.15, 0.2) is 25.0 Å². The monoisotopic (exact) mass is 287 g/mol. The fraction of sp³-hybridized carbons (Fsp3) is 0.692. The van der Waals surface area contributed by atoms with E-state index in [-0.39, 0.29) is 11.3 Å². The molecular formula is C13H27BClNOSi. The number of hydrogen-bond donors (Lipinski definition) is 0. The van der Waals surface area contributed by atoms with Crippen LogP contribution in [0.1, 0.15) is 20.8 Å². The summed E-state index contributed by atoms with van der Waals surface area (Å²) in [4.78, 5) is 0. The SMILES string of the molecule is C=CCB(Cl)N(CC(=C)OC)[Si](C)(C)C(C)(C)C. The third-order valence-corrected chi connectivity index (χ3v) is 10.0. The fourth-order valence-electron chi connectivity index (χ4n) is 1.60. The summed E-state index contributed by atoms with van der Waals surface area (Å²) in [6.07, 6.45) is 2.59. The predicted molar refractivity (Wildman–Crippen MR) is 86.7 cm³/mol. The molecule has 0 N–H and O–H groups in total. The molecule has 0 aliphatic carbocycles. The average Bonchev–Trinajstić information content (AvgIpc) is 2.23. The van der Waals surface area contributed by atoms with Crippen molar-refractivity contribution in [3.8, 4) is 0 Å². The van der Waals surface area contributed by atoms with Gasteiger partial charge in [-0.05, 0) is 11.4 Å². The van der Waals surface area contributed by atoms with Crippen LogP contribution in [0.5, 0.6) is 0 Å². The highest BCUT2D eigenvalue weighted by Crippen LogP contribution is 2.39. The Bertz CT molecular complexity index is 302. The van der Waals surface area contributed by atoms with Gasteiger partial charge in [0, 0.05) is 6.54 Å². The van der Waals surface area contributed by atoms with Gasteiger partial charge in [-0.25, -0.2) is 0 Å². The van der Waals surface area contributed by atoms with Gasteiger partial charge in [0.05, 0.1) is 7.11 Å². The Kier molecular flexibility index (Phi) is 6.76. The van der Waals surface area contributed by atoms with Gasteiger partial charge in [-0.15, -0.1) is 6.58 Å². The number of hydrogen-bond acceptors (Lipinski definition) is 2. The van der Waals surface area contributed by atoms with Crippen molar-refractivity contribution in [1.29, 1.82) is 0 Å². The van der Waals surface area contributed by atoms with Gasteiger partial charge in [-0.3, -0.25) is 0 Å². The first-order valence-corrected chi connectivity index (χ1v) is 9.69. The van der Waals surface area contributed by atoms with Gasteiger partial charge in [0.2, 0.25) is 0 Å². The van der Waals surface area contributed by atoms with Crippen molar-refractivity contribution in [2.75, 3.05) is 13.7 Å². The van der Waals surface area contributed by atoms with Gasteiger partial charge >= 0.3 is 6.26 Å². The van der Waals surface area contributed by atoms with E-state index < -0.39 is 8.24 Å². The Morgan fingerprint density at radius 2 is 1.94 bits per heavy atom. The number of halogens is 1. The molecule has 0 unspecified atom stereocenters. The molecular weight excluding hydrogens is 260 g/mol. The summed E-state index contributed by atoms with van der Waals surface area (Å²) >= 11 is 6.53. The smallest absolute Gasteiger partial charge is 0.328 e. The third kappa shape index (κ3) is 4.48.